The Bertz CT molecular complexity index is 1310. The number of carbonyl (C=O) groups excluding carboxylic acids is 1. The lowest BCUT2D eigenvalue weighted by Gasteiger charge is -2.33. The molecule has 1 aliphatic carbocycles. The Morgan fingerprint density at radius 2 is 1.85 bits per heavy atom. The van der Waals surface area contributed by atoms with E-state index < -0.39 is 38.5 Å². The maximum Gasteiger partial charge on any atom is 0.416 e. The highest BCUT2D eigenvalue weighted by Gasteiger charge is 2.48. The Balaban J connectivity index is 1.44. The Morgan fingerprint density at radius 1 is 1.15 bits per heavy atom. The molecule has 1 aromatic heterocycles. The van der Waals surface area contributed by atoms with Crippen molar-refractivity contribution >= 4 is 26.8 Å². The normalized spacial score (nSPS) is 21.8. The number of nitrogens with zero attached hydrogens (tertiary/aromatic N) is 1. The van der Waals surface area contributed by atoms with Crippen LogP contribution in [0.5, 0.6) is 0 Å². The van der Waals surface area contributed by atoms with E-state index in [4.69, 9.17) is 0 Å². The number of imidazole rings is 1. The summed E-state index contributed by atoms with van der Waals surface area (Å²) < 4.78 is 79.8. The molecule has 0 saturated heterocycles. The van der Waals surface area contributed by atoms with E-state index in [0.29, 0.717) is 5.56 Å². The molecule has 6 nitrogen and oxygen atoms in total. The highest BCUT2D eigenvalue weighted by Crippen LogP contribution is 2.40. The monoisotopic (exact) mass is 483 g/mol. The fraction of sp³-hybridized carbons (Fsp3) is 0.364. The smallest absolute Gasteiger partial charge is 0.347 e. The Hall–Kier alpha value is -2.95. The Kier molecular flexibility index (Phi) is 5.71. The molecule has 1 aliphatic rings. The lowest BCUT2D eigenvalue weighted by Crippen LogP contribution is -2.45. The average molecular weight is 483 g/mol. The predicted octanol–water partition coefficient (Wildman–Crippen LogP) is 4.70. The van der Waals surface area contributed by atoms with Crippen molar-refractivity contribution in [3.63, 3.8) is 0 Å². The minimum absolute atomic E-state index is 0.0608. The molecule has 1 amide bonds. The molecule has 33 heavy (non-hydrogen) atoms. The maximum absolute atomic E-state index is 15.5. The molecule has 0 atom stereocenters. The van der Waals surface area contributed by atoms with Crippen LogP contribution in [0.4, 0.5) is 17.6 Å². The van der Waals surface area contributed by atoms with Crippen LogP contribution in [0.15, 0.2) is 47.4 Å². The van der Waals surface area contributed by atoms with Crippen molar-refractivity contribution in [1.82, 2.24) is 15.3 Å². The summed E-state index contributed by atoms with van der Waals surface area (Å²) in [5.74, 6) is -0.827. The zero-order chi connectivity index (χ0) is 24.0. The lowest BCUT2D eigenvalue weighted by atomic mass is 9.93. The van der Waals surface area contributed by atoms with Gasteiger partial charge in [-0.3, -0.25) is 4.79 Å². The first kappa shape index (κ1) is 23.2. The predicted molar refractivity (Wildman–Crippen MR) is 113 cm³/mol. The van der Waals surface area contributed by atoms with Gasteiger partial charge >= 0.3 is 6.18 Å². The number of halogens is 4. The molecular weight excluding hydrogens is 462 g/mol. The number of hydrogen-bond donors (Lipinski definition) is 2. The number of aryl methyl sites for hydroxylation is 1. The molecule has 3 aromatic rings. The quantitative estimate of drug-likeness (QED) is 0.526. The fourth-order valence-corrected chi connectivity index (χ4v) is 5.80. The summed E-state index contributed by atoms with van der Waals surface area (Å²) in [7, 11) is -4.21. The van der Waals surface area contributed by atoms with Crippen LogP contribution < -0.4 is 5.32 Å². The van der Waals surface area contributed by atoms with Crippen molar-refractivity contribution in [1.29, 1.82) is 0 Å². The summed E-state index contributed by atoms with van der Waals surface area (Å²) >= 11 is 0. The van der Waals surface area contributed by atoms with Crippen LogP contribution in [0.25, 0.3) is 11.0 Å². The number of rotatable bonds is 4. The first-order chi connectivity index (χ1) is 15.4. The maximum atomic E-state index is 15.5. The molecule has 0 bridgehead atoms. The van der Waals surface area contributed by atoms with Crippen molar-refractivity contribution in [3.8, 4) is 0 Å². The number of H-pyrrole nitrogens is 1. The van der Waals surface area contributed by atoms with E-state index in [0.717, 1.165) is 12.1 Å². The van der Waals surface area contributed by atoms with Gasteiger partial charge in [0, 0.05) is 6.04 Å². The minimum Gasteiger partial charge on any atom is -0.347 e. The number of sulfone groups is 1. The second-order valence-electron chi connectivity index (χ2n) is 8.27. The van der Waals surface area contributed by atoms with Crippen molar-refractivity contribution in [2.45, 2.75) is 54.7 Å². The molecule has 0 spiro atoms. The zero-order valence-corrected chi connectivity index (χ0v) is 18.4. The third-order valence-electron chi connectivity index (χ3n) is 5.87. The molecule has 1 heterocycles. The van der Waals surface area contributed by atoms with Crippen LogP contribution in [0.1, 0.15) is 47.4 Å². The average Bonchev–Trinajstić information content (AvgIpc) is 3.18. The van der Waals surface area contributed by atoms with E-state index in [-0.39, 0.29) is 47.4 Å². The van der Waals surface area contributed by atoms with Gasteiger partial charge in [0.15, 0.2) is 5.82 Å². The van der Waals surface area contributed by atoms with Crippen LogP contribution in [0.3, 0.4) is 0 Å². The van der Waals surface area contributed by atoms with Crippen molar-refractivity contribution in [2.24, 2.45) is 0 Å². The Labute approximate surface area is 187 Å². The molecule has 2 N–H and O–H groups in total. The highest BCUT2D eigenvalue weighted by molar-refractivity contribution is 7.92. The van der Waals surface area contributed by atoms with E-state index in [1.807, 2.05) is 0 Å². The molecule has 1 fully saturated rings. The van der Waals surface area contributed by atoms with Crippen LogP contribution >= 0.6 is 0 Å². The number of amides is 1. The highest BCUT2D eigenvalue weighted by atomic mass is 32.2. The summed E-state index contributed by atoms with van der Waals surface area (Å²) in [5.41, 5.74) is 0.0928. The van der Waals surface area contributed by atoms with Crippen LogP contribution in [-0.2, 0) is 16.0 Å². The topological polar surface area (TPSA) is 91.9 Å². The summed E-state index contributed by atoms with van der Waals surface area (Å²) in [5, 5.41) is 0.228. The number of alkyl halides is 4. The van der Waals surface area contributed by atoms with E-state index in [1.165, 1.54) is 18.2 Å². The number of benzene rings is 2. The van der Waals surface area contributed by atoms with E-state index in [1.54, 1.807) is 19.1 Å². The standard InChI is InChI=1S/C22H21F4N3O3S/c1-13-3-2-4-16(11-13)33(31,32)21(23)9-7-15(8-10-21)27-20(30)19-28-17-6-5-14(22(24,25)26)12-18(17)29-19/h2-6,11-12,15H,7-10H2,1H3,(H,27,30)(H,28,29). The van der Waals surface area contributed by atoms with Gasteiger partial charge in [0.25, 0.3) is 5.91 Å². The molecule has 4 rings (SSSR count). The summed E-state index contributed by atoms with van der Waals surface area (Å²) in [6.45, 7) is 1.72. The summed E-state index contributed by atoms with van der Waals surface area (Å²) in [6, 6.07) is 8.49. The minimum atomic E-state index is -4.53. The SMILES string of the molecule is Cc1cccc(S(=O)(=O)C2(F)CCC(NC(=O)c3nc4ccc(C(F)(F)F)cc4[nH]3)CC2)c1. The van der Waals surface area contributed by atoms with E-state index >= 15 is 4.39 Å². The number of aromatic amines is 1. The Morgan fingerprint density at radius 3 is 2.48 bits per heavy atom. The van der Waals surface area contributed by atoms with Gasteiger partial charge in [-0.2, -0.15) is 13.2 Å². The molecule has 11 heteroatoms. The van der Waals surface area contributed by atoms with Gasteiger partial charge < -0.3 is 10.3 Å². The summed E-state index contributed by atoms with van der Waals surface area (Å²) in [6.07, 6.45) is -4.93. The molecule has 0 radical (unpaired) electrons. The first-order valence-corrected chi connectivity index (χ1v) is 11.8. The van der Waals surface area contributed by atoms with Crippen molar-refractivity contribution in [2.75, 3.05) is 0 Å². The van der Waals surface area contributed by atoms with Crippen LogP contribution in [-0.4, -0.2) is 35.3 Å². The van der Waals surface area contributed by atoms with E-state index in [9.17, 15) is 26.4 Å². The van der Waals surface area contributed by atoms with Gasteiger partial charge in [-0.15, -0.1) is 0 Å². The second kappa shape index (κ2) is 8.12. The van der Waals surface area contributed by atoms with Gasteiger partial charge in [-0.25, -0.2) is 17.8 Å². The zero-order valence-electron chi connectivity index (χ0n) is 17.5. The third kappa shape index (κ3) is 4.46. The molecular formula is C22H21F4N3O3S. The summed E-state index contributed by atoms with van der Waals surface area (Å²) in [4.78, 5) is 19.1. The molecule has 1 saturated carbocycles. The lowest BCUT2D eigenvalue weighted by molar-refractivity contribution is -0.137. The molecule has 176 valence electrons. The molecule has 2 aromatic carbocycles. The second-order valence-corrected chi connectivity index (χ2v) is 10.5. The number of fused-ring (bicyclic) bond motifs is 1. The van der Waals surface area contributed by atoms with Gasteiger partial charge in [0.1, 0.15) is 0 Å². The third-order valence-corrected chi connectivity index (χ3v) is 8.12. The molecule has 0 unspecified atom stereocenters. The molecule has 0 aliphatic heterocycles. The van der Waals surface area contributed by atoms with Crippen LogP contribution in [0, 0.1) is 6.92 Å². The van der Waals surface area contributed by atoms with Gasteiger partial charge in [-0.1, -0.05) is 12.1 Å². The number of aromatic nitrogens is 2. The number of nitrogens with one attached hydrogen (secondary N) is 2. The van der Waals surface area contributed by atoms with Crippen molar-refractivity contribution in [3.05, 3.63) is 59.4 Å². The van der Waals surface area contributed by atoms with Crippen LogP contribution in [0.2, 0.25) is 0 Å². The largest absolute Gasteiger partial charge is 0.416 e. The van der Waals surface area contributed by atoms with Crippen molar-refractivity contribution < 1.29 is 30.8 Å². The number of hydrogen-bond acceptors (Lipinski definition) is 4. The fourth-order valence-electron chi connectivity index (χ4n) is 4.00. The van der Waals surface area contributed by atoms with Gasteiger partial charge in [0.2, 0.25) is 14.8 Å². The number of carbonyl (C=O) groups is 1. The van der Waals surface area contributed by atoms with Gasteiger partial charge in [0.05, 0.1) is 21.5 Å². The van der Waals surface area contributed by atoms with Gasteiger partial charge in [-0.05, 0) is 68.5 Å². The first-order valence-electron chi connectivity index (χ1n) is 10.3. The van der Waals surface area contributed by atoms with E-state index in [2.05, 4.69) is 15.3 Å².